The highest BCUT2D eigenvalue weighted by molar-refractivity contribution is 7.92. The topological polar surface area (TPSA) is 101 Å². The summed E-state index contributed by atoms with van der Waals surface area (Å²) >= 11 is 0. The Morgan fingerprint density at radius 2 is 2.17 bits per heavy atom. The van der Waals surface area contributed by atoms with Gasteiger partial charge in [0.25, 0.3) is 0 Å². The molecule has 1 saturated heterocycles. The molecule has 1 aliphatic heterocycles. The molecule has 0 aromatic heterocycles. The van der Waals surface area contributed by atoms with Crippen molar-refractivity contribution in [2.75, 3.05) is 34.7 Å². The molecule has 1 aromatic rings. The minimum Gasteiger partial charge on any atom is -0.399 e. The number of nitrogen functional groups attached to an aromatic ring is 1. The predicted molar refractivity (Wildman–Crippen MR) is 74.1 cm³/mol. The molecule has 7 heteroatoms. The summed E-state index contributed by atoms with van der Waals surface area (Å²) < 4.78 is 25.2. The maximum Gasteiger partial charge on any atom is 0.229 e. The van der Waals surface area contributed by atoms with Crippen molar-refractivity contribution in [2.24, 2.45) is 5.73 Å². The lowest BCUT2D eigenvalue weighted by Gasteiger charge is -2.22. The van der Waals surface area contributed by atoms with Crippen molar-refractivity contribution in [3.05, 3.63) is 18.2 Å². The van der Waals surface area contributed by atoms with Gasteiger partial charge in [-0.3, -0.25) is 4.72 Å². The Bertz CT molecular complexity index is 544. The van der Waals surface area contributed by atoms with Crippen molar-refractivity contribution in [1.82, 2.24) is 0 Å². The van der Waals surface area contributed by atoms with Crippen molar-refractivity contribution < 1.29 is 8.42 Å². The second kappa shape index (κ2) is 4.66. The van der Waals surface area contributed by atoms with Crippen molar-refractivity contribution in [1.29, 1.82) is 0 Å². The van der Waals surface area contributed by atoms with Crippen LogP contribution >= 0.6 is 0 Å². The molecule has 0 bridgehead atoms. The Labute approximate surface area is 107 Å². The van der Waals surface area contributed by atoms with Gasteiger partial charge in [-0.1, -0.05) is 0 Å². The van der Waals surface area contributed by atoms with E-state index in [0.717, 1.165) is 31.5 Å². The van der Waals surface area contributed by atoms with Crippen molar-refractivity contribution in [3.63, 3.8) is 0 Å². The lowest BCUT2D eigenvalue weighted by molar-refractivity contribution is 0.607. The highest BCUT2D eigenvalue weighted by Gasteiger charge is 2.22. The highest BCUT2D eigenvalue weighted by Crippen LogP contribution is 2.31. The molecule has 6 nitrogen and oxygen atoms in total. The fraction of sp³-hybridized carbons (Fsp3) is 0.455. The van der Waals surface area contributed by atoms with E-state index >= 15 is 0 Å². The molecule has 0 aliphatic carbocycles. The molecule has 1 aliphatic rings. The van der Waals surface area contributed by atoms with Crippen LogP contribution in [0.2, 0.25) is 0 Å². The summed E-state index contributed by atoms with van der Waals surface area (Å²) in [6, 6.07) is 5.34. The predicted octanol–water partition coefficient (Wildman–Crippen LogP) is 0.178. The zero-order valence-corrected chi connectivity index (χ0v) is 11.1. The van der Waals surface area contributed by atoms with Gasteiger partial charge in [-0.2, -0.15) is 0 Å². The molecule has 0 saturated carbocycles. The van der Waals surface area contributed by atoms with Gasteiger partial charge in [-0.15, -0.1) is 0 Å². The first-order valence-corrected chi connectivity index (χ1v) is 7.62. The van der Waals surface area contributed by atoms with Gasteiger partial charge in [-0.05, 0) is 24.6 Å². The first-order chi connectivity index (χ1) is 8.35. The molecule has 1 unspecified atom stereocenters. The van der Waals surface area contributed by atoms with E-state index in [1.807, 2.05) is 6.07 Å². The van der Waals surface area contributed by atoms with Gasteiger partial charge >= 0.3 is 0 Å². The number of nitrogens with zero attached hydrogens (tertiary/aromatic N) is 1. The summed E-state index contributed by atoms with van der Waals surface area (Å²) in [7, 11) is -3.32. The average Bonchev–Trinajstić information content (AvgIpc) is 2.62. The van der Waals surface area contributed by atoms with Crippen LogP contribution in [0.5, 0.6) is 0 Å². The fourth-order valence-corrected chi connectivity index (χ4v) is 2.68. The summed E-state index contributed by atoms with van der Waals surface area (Å²) in [5, 5.41) is 0. The van der Waals surface area contributed by atoms with Gasteiger partial charge in [0.05, 0.1) is 17.6 Å². The molecule has 18 heavy (non-hydrogen) atoms. The normalized spacial score (nSPS) is 20.1. The molecule has 1 aromatic carbocycles. The number of sulfonamides is 1. The van der Waals surface area contributed by atoms with E-state index in [9.17, 15) is 8.42 Å². The molecule has 1 heterocycles. The Balaban J connectivity index is 2.34. The number of rotatable bonds is 3. The minimum absolute atomic E-state index is 0.133. The van der Waals surface area contributed by atoms with E-state index in [-0.39, 0.29) is 6.04 Å². The van der Waals surface area contributed by atoms with Gasteiger partial charge in [0, 0.05) is 24.8 Å². The van der Waals surface area contributed by atoms with E-state index in [1.54, 1.807) is 12.1 Å². The summed E-state index contributed by atoms with van der Waals surface area (Å²) in [4.78, 5) is 2.07. The van der Waals surface area contributed by atoms with Gasteiger partial charge in [-0.25, -0.2) is 8.42 Å². The van der Waals surface area contributed by atoms with E-state index < -0.39 is 10.0 Å². The van der Waals surface area contributed by atoms with Crippen LogP contribution in [0.25, 0.3) is 0 Å². The molecule has 100 valence electrons. The number of benzene rings is 1. The van der Waals surface area contributed by atoms with Crippen LogP contribution in [0.3, 0.4) is 0 Å². The first kappa shape index (κ1) is 13.0. The maximum atomic E-state index is 11.3. The fourth-order valence-electron chi connectivity index (χ4n) is 2.12. The van der Waals surface area contributed by atoms with Crippen LogP contribution < -0.4 is 21.1 Å². The first-order valence-electron chi connectivity index (χ1n) is 5.73. The summed E-state index contributed by atoms with van der Waals surface area (Å²) in [6.45, 7) is 1.55. The Hall–Kier alpha value is -1.47. The zero-order valence-electron chi connectivity index (χ0n) is 10.3. The monoisotopic (exact) mass is 270 g/mol. The van der Waals surface area contributed by atoms with Crippen LogP contribution in [-0.4, -0.2) is 33.8 Å². The Morgan fingerprint density at radius 3 is 2.72 bits per heavy atom. The van der Waals surface area contributed by atoms with E-state index in [1.165, 1.54) is 0 Å². The SMILES string of the molecule is CS(=O)(=O)Nc1cc(N)ccc1N1CCC(N)C1. The van der Waals surface area contributed by atoms with Crippen molar-refractivity contribution >= 4 is 27.1 Å². The van der Waals surface area contributed by atoms with Crippen molar-refractivity contribution in [2.45, 2.75) is 12.5 Å². The summed E-state index contributed by atoms with van der Waals surface area (Å²) in [5.74, 6) is 0. The van der Waals surface area contributed by atoms with Crippen LogP contribution in [-0.2, 0) is 10.0 Å². The third kappa shape index (κ3) is 3.05. The second-order valence-corrected chi connectivity index (χ2v) is 6.39. The maximum absolute atomic E-state index is 11.3. The molecule has 0 spiro atoms. The van der Waals surface area contributed by atoms with Crippen molar-refractivity contribution in [3.8, 4) is 0 Å². The minimum atomic E-state index is -3.32. The van der Waals surface area contributed by atoms with Gasteiger partial charge in [0.2, 0.25) is 10.0 Å². The third-order valence-electron chi connectivity index (χ3n) is 2.88. The number of nitrogens with two attached hydrogens (primary N) is 2. The van der Waals surface area contributed by atoms with Crippen LogP contribution in [0.15, 0.2) is 18.2 Å². The van der Waals surface area contributed by atoms with Gasteiger partial charge < -0.3 is 16.4 Å². The molecule has 2 rings (SSSR count). The lowest BCUT2D eigenvalue weighted by Crippen LogP contribution is -2.27. The molecule has 0 amide bonds. The zero-order chi connectivity index (χ0) is 13.3. The van der Waals surface area contributed by atoms with Crippen LogP contribution in [0, 0.1) is 0 Å². The molecule has 1 atom stereocenters. The number of hydrogen-bond donors (Lipinski definition) is 3. The quantitative estimate of drug-likeness (QED) is 0.680. The van der Waals surface area contributed by atoms with E-state index in [4.69, 9.17) is 11.5 Å². The Morgan fingerprint density at radius 1 is 1.44 bits per heavy atom. The number of anilines is 3. The number of hydrogen-bond acceptors (Lipinski definition) is 5. The average molecular weight is 270 g/mol. The van der Waals surface area contributed by atoms with E-state index in [0.29, 0.717) is 11.4 Å². The Kier molecular flexibility index (Phi) is 3.36. The third-order valence-corrected chi connectivity index (χ3v) is 3.47. The van der Waals surface area contributed by atoms with Gasteiger partial charge in [0.15, 0.2) is 0 Å². The van der Waals surface area contributed by atoms with Crippen LogP contribution in [0.4, 0.5) is 17.1 Å². The summed E-state index contributed by atoms with van der Waals surface area (Å²) in [6.07, 6.45) is 2.03. The molecular weight excluding hydrogens is 252 g/mol. The smallest absolute Gasteiger partial charge is 0.229 e. The molecule has 1 fully saturated rings. The molecular formula is C11H18N4O2S. The van der Waals surface area contributed by atoms with Crippen LogP contribution in [0.1, 0.15) is 6.42 Å². The molecule has 0 radical (unpaired) electrons. The van der Waals surface area contributed by atoms with E-state index in [2.05, 4.69) is 9.62 Å². The number of nitrogens with one attached hydrogen (secondary N) is 1. The lowest BCUT2D eigenvalue weighted by atomic mass is 10.2. The second-order valence-electron chi connectivity index (χ2n) is 4.65. The summed E-state index contributed by atoms with van der Waals surface area (Å²) in [5.41, 5.74) is 13.4. The largest absolute Gasteiger partial charge is 0.399 e. The molecule has 5 N–H and O–H groups in total. The highest BCUT2D eigenvalue weighted by atomic mass is 32.2. The van der Waals surface area contributed by atoms with Gasteiger partial charge in [0.1, 0.15) is 0 Å². The standard InChI is InChI=1S/C11H18N4O2S/c1-18(16,17)14-10-6-8(12)2-3-11(10)15-5-4-9(13)7-15/h2-3,6,9,14H,4-5,7,12-13H2,1H3.